The normalized spacial score (nSPS) is 11.9. The van der Waals surface area contributed by atoms with Crippen LogP contribution in [0.2, 0.25) is 0 Å². The molecule has 0 fully saturated rings. The summed E-state index contributed by atoms with van der Waals surface area (Å²) >= 11 is 0. The van der Waals surface area contributed by atoms with Crippen LogP contribution in [0, 0.1) is 0 Å². The molecule has 8 heteroatoms. The summed E-state index contributed by atoms with van der Waals surface area (Å²) in [5.74, 6) is 1.46. The lowest BCUT2D eigenvalue weighted by Crippen LogP contribution is -2.49. The van der Waals surface area contributed by atoms with Crippen molar-refractivity contribution in [2.24, 2.45) is 0 Å². The zero-order chi connectivity index (χ0) is 26.3. The molecule has 2 amide bonds. The number of ether oxygens (including phenoxy) is 3. The van der Waals surface area contributed by atoms with E-state index in [1.54, 1.807) is 54.6 Å². The highest BCUT2D eigenvalue weighted by Crippen LogP contribution is 2.32. The third-order valence-electron chi connectivity index (χ3n) is 5.36. The molecule has 0 aliphatic rings. The molecule has 0 saturated heterocycles. The number of benzene rings is 2. The molecular weight excluding hydrogens is 460 g/mol. The van der Waals surface area contributed by atoms with Crippen molar-refractivity contribution >= 4 is 11.8 Å². The number of methoxy groups -OCH3 is 2. The summed E-state index contributed by atoms with van der Waals surface area (Å²) in [5.41, 5.74) is 0.475. The first-order valence-electron chi connectivity index (χ1n) is 11.8. The lowest BCUT2D eigenvalue weighted by Gasteiger charge is -2.33. The van der Waals surface area contributed by atoms with Gasteiger partial charge in [-0.1, -0.05) is 12.1 Å². The first kappa shape index (κ1) is 26.7. The van der Waals surface area contributed by atoms with E-state index in [0.29, 0.717) is 40.7 Å². The van der Waals surface area contributed by atoms with Crippen LogP contribution in [0.4, 0.5) is 0 Å². The van der Waals surface area contributed by atoms with Crippen molar-refractivity contribution in [3.8, 4) is 17.2 Å². The van der Waals surface area contributed by atoms with E-state index in [2.05, 4.69) is 5.32 Å². The molecule has 192 valence electrons. The second-order valence-electron chi connectivity index (χ2n) is 9.23. The number of rotatable bonds is 10. The van der Waals surface area contributed by atoms with Crippen molar-refractivity contribution in [3.63, 3.8) is 0 Å². The molecule has 2 aromatic carbocycles. The van der Waals surface area contributed by atoms with Gasteiger partial charge in [-0.3, -0.25) is 9.59 Å². The summed E-state index contributed by atoms with van der Waals surface area (Å²) in [5, 5.41) is 3.03. The molecule has 1 heterocycles. The Hall–Kier alpha value is -3.94. The lowest BCUT2D eigenvalue weighted by molar-refractivity contribution is -0.127. The van der Waals surface area contributed by atoms with Gasteiger partial charge in [-0.05, 0) is 75.7 Å². The molecule has 0 radical (unpaired) electrons. The second-order valence-corrected chi connectivity index (χ2v) is 9.23. The highest BCUT2D eigenvalue weighted by molar-refractivity contribution is 5.98. The molecule has 1 N–H and O–H groups in total. The first-order chi connectivity index (χ1) is 17.2. The van der Waals surface area contributed by atoms with E-state index >= 15 is 0 Å². The van der Waals surface area contributed by atoms with Crippen LogP contribution in [0.5, 0.6) is 17.2 Å². The van der Waals surface area contributed by atoms with E-state index < -0.39 is 11.6 Å². The van der Waals surface area contributed by atoms with E-state index in [9.17, 15) is 9.59 Å². The van der Waals surface area contributed by atoms with Gasteiger partial charge >= 0.3 is 0 Å². The number of carbonyl (C=O) groups is 2. The minimum Gasteiger partial charge on any atom is -0.494 e. The van der Waals surface area contributed by atoms with Gasteiger partial charge in [0.25, 0.3) is 5.91 Å². The standard InChI is InChI=1S/C28H34N2O6/c1-7-35-21-13-10-19(11-14-21)25(26(31)29-28(2,3)4)30(18-22-9-8-16-36-22)27(32)20-12-15-23(33-5)24(17-20)34-6/h8-17,25H,7,18H2,1-6H3,(H,29,31)/t25-/m0/s1. The van der Waals surface area contributed by atoms with Gasteiger partial charge in [-0.2, -0.15) is 0 Å². The van der Waals surface area contributed by atoms with E-state index in [1.807, 2.05) is 27.7 Å². The molecule has 0 aliphatic heterocycles. The summed E-state index contributed by atoms with van der Waals surface area (Å²) in [7, 11) is 3.04. The van der Waals surface area contributed by atoms with E-state index in [0.717, 1.165) is 0 Å². The Morgan fingerprint density at radius 1 is 1.00 bits per heavy atom. The maximum atomic E-state index is 14.0. The maximum Gasteiger partial charge on any atom is 0.255 e. The van der Waals surface area contributed by atoms with Crippen LogP contribution < -0.4 is 19.5 Å². The summed E-state index contributed by atoms with van der Waals surface area (Å²) in [6.45, 7) is 8.19. The molecule has 0 aliphatic carbocycles. The molecule has 0 bridgehead atoms. The molecule has 36 heavy (non-hydrogen) atoms. The van der Waals surface area contributed by atoms with Crippen LogP contribution >= 0.6 is 0 Å². The Kier molecular flexibility index (Phi) is 8.64. The van der Waals surface area contributed by atoms with Gasteiger partial charge in [0.15, 0.2) is 11.5 Å². The zero-order valence-corrected chi connectivity index (χ0v) is 21.7. The second kappa shape index (κ2) is 11.7. The third kappa shape index (κ3) is 6.59. The predicted octanol–water partition coefficient (Wildman–Crippen LogP) is 4.99. The number of nitrogens with one attached hydrogen (secondary N) is 1. The number of carbonyl (C=O) groups excluding carboxylic acids is 2. The zero-order valence-electron chi connectivity index (χ0n) is 21.7. The molecule has 8 nitrogen and oxygen atoms in total. The van der Waals surface area contributed by atoms with Crippen LogP contribution in [-0.2, 0) is 11.3 Å². The number of furan rings is 1. The highest BCUT2D eigenvalue weighted by atomic mass is 16.5. The average Bonchev–Trinajstić information content (AvgIpc) is 3.36. The molecule has 1 atom stereocenters. The molecule has 3 aromatic rings. The van der Waals surface area contributed by atoms with Crippen molar-refractivity contribution in [3.05, 3.63) is 77.7 Å². The van der Waals surface area contributed by atoms with Gasteiger partial charge in [0.05, 0.1) is 33.6 Å². The van der Waals surface area contributed by atoms with Crippen molar-refractivity contribution in [2.45, 2.75) is 45.8 Å². The number of hydrogen-bond donors (Lipinski definition) is 1. The van der Waals surface area contributed by atoms with Gasteiger partial charge in [0.1, 0.15) is 17.6 Å². The smallest absolute Gasteiger partial charge is 0.255 e. The minimum absolute atomic E-state index is 0.0790. The van der Waals surface area contributed by atoms with Crippen molar-refractivity contribution in [1.29, 1.82) is 0 Å². The fourth-order valence-corrected chi connectivity index (χ4v) is 3.81. The molecule has 0 saturated carbocycles. The van der Waals surface area contributed by atoms with Crippen LogP contribution in [-0.4, -0.2) is 43.1 Å². The Bertz CT molecular complexity index is 1150. The maximum absolute atomic E-state index is 14.0. The van der Waals surface area contributed by atoms with Crippen LogP contribution in [0.25, 0.3) is 0 Å². The number of nitrogens with zero attached hydrogens (tertiary/aromatic N) is 1. The van der Waals surface area contributed by atoms with Crippen molar-refractivity contribution < 1.29 is 28.2 Å². The van der Waals surface area contributed by atoms with Crippen LogP contribution in [0.1, 0.15) is 55.4 Å². The van der Waals surface area contributed by atoms with Gasteiger partial charge in [0, 0.05) is 11.1 Å². The third-order valence-corrected chi connectivity index (χ3v) is 5.36. The summed E-state index contributed by atoms with van der Waals surface area (Å²) in [4.78, 5) is 29.2. The highest BCUT2D eigenvalue weighted by Gasteiger charge is 2.34. The number of hydrogen-bond acceptors (Lipinski definition) is 6. The van der Waals surface area contributed by atoms with Gasteiger partial charge in [-0.15, -0.1) is 0 Å². The average molecular weight is 495 g/mol. The summed E-state index contributed by atoms with van der Waals surface area (Å²) in [6.07, 6.45) is 1.54. The summed E-state index contributed by atoms with van der Waals surface area (Å²) < 4.78 is 21.8. The van der Waals surface area contributed by atoms with Crippen LogP contribution in [0.3, 0.4) is 0 Å². The van der Waals surface area contributed by atoms with Crippen molar-refractivity contribution in [2.75, 3.05) is 20.8 Å². The monoisotopic (exact) mass is 494 g/mol. The predicted molar refractivity (Wildman–Crippen MR) is 136 cm³/mol. The Morgan fingerprint density at radius 3 is 2.25 bits per heavy atom. The van der Waals surface area contributed by atoms with Gasteiger partial charge < -0.3 is 28.8 Å². The van der Waals surface area contributed by atoms with E-state index in [1.165, 1.54) is 25.4 Å². The molecule has 3 rings (SSSR count). The fourth-order valence-electron chi connectivity index (χ4n) is 3.81. The van der Waals surface area contributed by atoms with Crippen molar-refractivity contribution in [1.82, 2.24) is 10.2 Å². The molecule has 1 aromatic heterocycles. The molecule has 0 unspecified atom stereocenters. The SMILES string of the molecule is CCOc1ccc([C@@H](C(=O)NC(C)(C)C)N(Cc2ccco2)C(=O)c2ccc(OC)c(OC)c2)cc1. The number of amides is 2. The molecular formula is C28H34N2O6. The van der Waals surface area contributed by atoms with Crippen LogP contribution in [0.15, 0.2) is 65.3 Å². The lowest BCUT2D eigenvalue weighted by atomic mass is 10.00. The van der Waals surface area contributed by atoms with E-state index in [-0.39, 0.29) is 18.4 Å². The van der Waals surface area contributed by atoms with Gasteiger partial charge in [-0.25, -0.2) is 0 Å². The molecule has 0 spiro atoms. The summed E-state index contributed by atoms with van der Waals surface area (Å²) in [6, 6.07) is 14.7. The quantitative estimate of drug-likeness (QED) is 0.427. The largest absolute Gasteiger partial charge is 0.494 e. The van der Waals surface area contributed by atoms with Gasteiger partial charge in [0.2, 0.25) is 5.91 Å². The topological polar surface area (TPSA) is 90.2 Å². The Labute approximate surface area is 212 Å². The minimum atomic E-state index is -0.939. The first-order valence-corrected chi connectivity index (χ1v) is 11.8. The Morgan fingerprint density at radius 2 is 1.69 bits per heavy atom. The fraction of sp³-hybridized carbons (Fsp3) is 0.357. The van der Waals surface area contributed by atoms with E-state index in [4.69, 9.17) is 18.6 Å². The Balaban J connectivity index is 2.11.